The number of hydrogen-bond acceptors (Lipinski definition) is 8. The number of nitrogen functional groups attached to an aromatic ring is 1. The van der Waals surface area contributed by atoms with Crippen molar-refractivity contribution in [3.8, 4) is 0 Å². The van der Waals surface area contributed by atoms with Crippen molar-refractivity contribution in [1.29, 1.82) is 0 Å². The number of hydrogen-bond donors (Lipinski definition) is 4. The van der Waals surface area contributed by atoms with E-state index in [9.17, 15) is 10.2 Å². The molecule has 1 aliphatic rings. The molecule has 0 unspecified atom stereocenters. The van der Waals surface area contributed by atoms with Gasteiger partial charge in [0, 0.05) is 11.6 Å². The molecule has 33 heavy (non-hydrogen) atoms. The lowest BCUT2D eigenvalue weighted by atomic mass is 9.95. The molecule has 1 aliphatic carbocycles. The van der Waals surface area contributed by atoms with E-state index in [2.05, 4.69) is 20.4 Å². The number of aryl methyl sites for hydroxylation is 1. The Morgan fingerprint density at radius 1 is 1.21 bits per heavy atom. The van der Waals surface area contributed by atoms with Crippen molar-refractivity contribution < 1.29 is 15.1 Å². The van der Waals surface area contributed by atoms with Crippen molar-refractivity contribution in [2.75, 3.05) is 18.3 Å². The van der Waals surface area contributed by atoms with Crippen LogP contribution in [0.2, 0.25) is 5.02 Å². The van der Waals surface area contributed by atoms with Crippen LogP contribution in [0.4, 0.5) is 11.6 Å². The minimum absolute atomic E-state index is 0.0557. The van der Waals surface area contributed by atoms with Gasteiger partial charge < -0.3 is 20.5 Å². The second-order valence-corrected chi connectivity index (χ2v) is 8.86. The van der Waals surface area contributed by atoms with Crippen molar-refractivity contribution in [2.45, 2.75) is 37.5 Å². The third-order valence-corrected chi connectivity index (χ3v) is 6.81. The Morgan fingerprint density at radius 3 is 2.88 bits per heavy atom. The van der Waals surface area contributed by atoms with Crippen LogP contribution in [0.1, 0.15) is 24.4 Å². The highest BCUT2D eigenvalue weighted by Crippen LogP contribution is 2.40. The van der Waals surface area contributed by atoms with Crippen LogP contribution < -0.4 is 11.2 Å². The third-order valence-electron chi connectivity index (χ3n) is 6.50. The van der Waals surface area contributed by atoms with Crippen molar-refractivity contribution in [3.63, 3.8) is 0 Å². The molecule has 0 amide bonds. The van der Waals surface area contributed by atoms with Gasteiger partial charge in [-0.3, -0.25) is 4.84 Å². The molecule has 0 spiro atoms. The van der Waals surface area contributed by atoms with E-state index in [0.29, 0.717) is 28.7 Å². The van der Waals surface area contributed by atoms with Crippen molar-refractivity contribution in [1.82, 2.24) is 19.5 Å². The largest absolute Gasteiger partial charge is 0.390 e. The maximum Gasteiger partial charge on any atom is 0.162 e. The Bertz CT molecular complexity index is 1310. The SMILES string of the molecule is CONc1ncnc2c1ccn2[C@@H]1C[C@H](CCc2ccc3cc(Cl)c(N)nc3c2)[C@@H](O)[C@H]1O. The van der Waals surface area contributed by atoms with E-state index >= 15 is 0 Å². The van der Waals surface area contributed by atoms with Crippen LogP contribution in [0.15, 0.2) is 42.9 Å². The Morgan fingerprint density at radius 2 is 2.06 bits per heavy atom. The fraction of sp³-hybridized carbons (Fsp3) is 0.348. The molecule has 5 rings (SSSR count). The number of aliphatic hydroxyl groups excluding tert-OH is 2. The number of benzene rings is 1. The van der Waals surface area contributed by atoms with E-state index in [1.807, 2.05) is 41.1 Å². The molecule has 172 valence electrons. The number of fused-ring (bicyclic) bond motifs is 2. The molecule has 3 aromatic heterocycles. The van der Waals surface area contributed by atoms with E-state index in [4.69, 9.17) is 22.2 Å². The zero-order chi connectivity index (χ0) is 23.1. The summed E-state index contributed by atoms with van der Waals surface area (Å²) < 4.78 is 1.91. The number of pyridine rings is 1. The second kappa shape index (κ2) is 8.75. The molecular formula is C23H25ClN6O3. The molecule has 0 aliphatic heterocycles. The maximum absolute atomic E-state index is 10.8. The minimum atomic E-state index is -0.889. The Kier molecular flexibility index (Phi) is 5.79. The van der Waals surface area contributed by atoms with Crippen LogP contribution in [-0.4, -0.2) is 49.0 Å². The van der Waals surface area contributed by atoms with Crippen LogP contribution >= 0.6 is 11.6 Å². The predicted molar refractivity (Wildman–Crippen MR) is 127 cm³/mol. The Hall–Kier alpha value is -2.98. The molecule has 0 radical (unpaired) electrons. The second-order valence-electron chi connectivity index (χ2n) is 8.45. The Balaban J connectivity index is 1.33. The summed E-state index contributed by atoms with van der Waals surface area (Å²) in [5.74, 6) is 0.808. The number of aliphatic hydroxyl groups is 2. The molecule has 4 aromatic rings. The average Bonchev–Trinajstić information content (AvgIpc) is 3.35. The van der Waals surface area contributed by atoms with Gasteiger partial charge in [-0.2, -0.15) is 0 Å². The van der Waals surface area contributed by atoms with Crippen LogP contribution in [0.25, 0.3) is 21.9 Å². The first-order valence-corrected chi connectivity index (χ1v) is 11.2. The van der Waals surface area contributed by atoms with Gasteiger partial charge in [-0.25, -0.2) is 20.4 Å². The summed E-state index contributed by atoms with van der Waals surface area (Å²) in [7, 11) is 1.52. The molecular weight excluding hydrogens is 444 g/mol. The summed E-state index contributed by atoms with van der Waals surface area (Å²) in [5.41, 5.74) is 11.2. The van der Waals surface area contributed by atoms with Crippen molar-refractivity contribution >= 4 is 45.2 Å². The van der Waals surface area contributed by atoms with Crippen LogP contribution in [0.3, 0.4) is 0 Å². The monoisotopic (exact) mass is 468 g/mol. The molecule has 0 bridgehead atoms. The standard InChI is InChI=1S/C23H25ClN6O3/c1-33-29-22-15-6-7-30(23(15)27-11-26-22)18-10-14(19(31)20(18)32)5-3-12-2-4-13-9-16(24)21(25)28-17(13)8-12/h2,4,6-9,11,14,18-20,31-32H,3,5,10H2,1H3,(H2,25,28)(H,26,27,29)/t14-,18+,19+,20-/m0/s1. The number of aromatic nitrogens is 4. The number of rotatable bonds is 6. The van der Waals surface area contributed by atoms with E-state index in [1.165, 1.54) is 13.4 Å². The summed E-state index contributed by atoms with van der Waals surface area (Å²) >= 11 is 6.06. The van der Waals surface area contributed by atoms with Gasteiger partial charge in [0.25, 0.3) is 0 Å². The summed E-state index contributed by atoms with van der Waals surface area (Å²) in [4.78, 5) is 17.9. The molecule has 9 nitrogen and oxygen atoms in total. The van der Waals surface area contributed by atoms with E-state index < -0.39 is 12.2 Å². The zero-order valence-corrected chi connectivity index (χ0v) is 18.8. The first kappa shape index (κ1) is 21.8. The number of halogens is 1. The minimum Gasteiger partial charge on any atom is -0.390 e. The zero-order valence-electron chi connectivity index (χ0n) is 18.0. The van der Waals surface area contributed by atoms with Crippen LogP contribution in [0, 0.1) is 5.92 Å². The summed E-state index contributed by atoms with van der Waals surface area (Å²) in [6, 6.07) is 9.41. The maximum atomic E-state index is 10.8. The lowest BCUT2D eigenvalue weighted by molar-refractivity contribution is 0.00545. The number of nitrogens with one attached hydrogen (secondary N) is 1. The van der Waals surface area contributed by atoms with Gasteiger partial charge >= 0.3 is 0 Å². The Labute approximate surface area is 195 Å². The number of anilines is 2. The van der Waals surface area contributed by atoms with Gasteiger partial charge in [0.1, 0.15) is 23.9 Å². The van der Waals surface area contributed by atoms with Gasteiger partial charge in [-0.15, -0.1) is 0 Å². The smallest absolute Gasteiger partial charge is 0.162 e. The van der Waals surface area contributed by atoms with Crippen LogP contribution in [0.5, 0.6) is 0 Å². The van der Waals surface area contributed by atoms with E-state index in [-0.39, 0.29) is 12.0 Å². The number of nitrogens with zero attached hydrogens (tertiary/aromatic N) is 4. The van der Waals surface area contributed by atoms with Crippen molar-refractivity contribution in [2.24, 2.45) is 5.92 Å². The molecule has 1 aromatic carbocycles. The lowest BCUT2D eigenvalue weighted by Crippen LogP contribution is -2.29. The molecule has 4 atom stereocenters. The summed E-state index contributed by atoms with van der Waals surface area (Å²) in [5, 5.41) is 23.8. The van der Waals surface area contributed by atoms with Gasteiger partial charge in [-0.05, 0) is 48.9 Å². The van der Waals surface area contributed by atoms with E-state index in [1.54, 1.807) is 0 Å². The first-order chi connectivity index (χ1) is 16.0. The van der Waals surface area contributed by atoms with Crippen LogP contribution in [-0.2, 0) is 11.3 Å². The highest BCUT2D eigenvalue weighted by molar-refractivity contribution is 6.33. The fourth-order valence-electron chi connectivity index (χ4n) is 4.79. The molecule has 3 heterocycles. The lowest BCUT2D eigenvalue weighted by Gasteiger charge is -2.19. The first-order valence-electron chi connectivity index (χ1n) is 10.8. The third kappa shape index (κ3) is 3.97. The predicted octanol–water partition coefficient (Wildman–Crippen LogP) is 3.10. The van der Waals surface area contributed by atoms with Crippen molar-refractivity contribution in [3.05, 3.63) is 53.4 Å². The average molecular weight is 469 g/mol. The van der Waals surface area contributed by atoms with Gasteiger partial charge in [0.05, 0.1) is 35.2 Å². The fourth-order valence-corrected chi connectivity index (χ4v) is 4.95. The summed E-state index contributed by atoms with van der Waals surface area (Å²) in [6.07, 6.45) is 3.72. The van der Waals surface area contributed by atoms with Gasteiger partial charge in [0.2, 0.25) is 0 Å². The highest BCUT2D eigenvalue weighted by atomic mass is 35.5. The molecule has 5 N–H and O–H groups in total. The van der Waals surface area contributed by atoms with Gasteiger partial charge in [-0.1, -0.05) is 23.7 Å². The highest BCUT2D eigenvalue weighted by Gasteiger charge is 2.42. The topological polar surface area (TPSA) is 131 Å². The quantitative estimate of drug-likeness (QED) is 0.317. The van der Waals surface area contributed by atoms with Gasteiger partial charge in [0.15, 0.2) is 5.82 Å². The molecule has 1 saturated carbocycles. The normalized spacial score (nSPS) is 22.9. The molecule has 10 heteroatoms. The molecule has 0 saturated heterocycles. The summed E-state index contributed by atoms with van der Waals surface area (Å²) in [6.45, 7) is 0. The molecule has 1 fully saturated rings. The van der Waals surface area contributed by atoms with E-state index in [0.717, 1.165) is 34.7 Å². The number of nitrogens with two attached hydrogens (primary N) is 1.